The Labute approximate surface area is 87.6 Å². The van der Waals surface area contributed by atoms with Crippen LogP contribution in [0.2, 0.25) is 0 Å². The van der Waals surface area contributed by atoms with Crippen LogP contribution in [0.5, 0.6) is 0 Å². The van der Waals surface area contributed by atoms with Gasteiger partial charge in [0, 0.05) is 11.3 Å². The van der Waals surface area contributed by atoms with Gasteiger partial charge in [0.25, 0.3) is 0 Å². The number of aliphatic imine (C=N–C) groups is 1. The fourth-order valence-corrected chi connectivity index (χ4v) is 1.64. The molecule has 0 saturated carbocycles. The maximum atomic E-state index is 11.5. The van der Waals surface area contributed by atoms with Crippen molar-refractivity contribution in [3.8, 4) is 0 Å². The van der Waals surface area contributed by atoms with E-state index in [4.69, 9.17) is 23.2 Å². The highest BCUT2D eigenvalue weighted by Gasteiger charge is 2.34. The molecule has 0 spiro atoms. The van der Waals surface area contributed by atoms with Crippen molar-refractivity contribution in [2.75, 3.05) is 0 Å². The highest BCUT2D eigenvalue weighted by atomic mass is 35.5. The maximum absolute atomic E-state index is 11.5. The summed E-state index contributed by atoms with van der Waals surface area (Å²) in [4.78, 5) is 14.8. The average molecular weight is 220 g/mol. The fourth-order valence-electron chi connectivity index (χ4n) is 1.41. The van der Waals surface area contributed by atoms with Gasteiger partial charge in [-0.05, 0) is 26.8 Å². The summed E-state index contributed by atoms with van der Waals surface area (Å²) in [6.45, 7) is 5.58. The van der Waals surface area contributed by atoms with E-state index in [0.29, 0.717) is 5.57 Å². The maximum Gasteiger partial charge on any atom is 0.194 e. The van der Waals surface area contributed by atoms with Gasteiger partial charge in [0.05, 0.1) is 5.54 Å². The van der Waals surface area contributed by atoms with Crippen LogP contribution in [-0.2, 0) is 4.79 Å². The summed E-state index contributed by atoms with van der Waals surface area (Å²) in [5.41, 5.74) is 0.936. The first-order valence-electron chi connectivity index (χ1n) is 3.95. The molecule has 13 heavy (non-hydrogen) atoms. The third kappa shape index (κ3) is 2.12. The molecular formula is C9H11Cl2NO. The molecule has 1 aliphatic heterocycles. The Kier molecular flexibility index (Phi) is 2.83. The van der Waals surface area contributed by atoms with E-state index in [2.05, 4.69) is 4.99 Å². The molecule has 0 aromatic carbocycles. The second-order valence-corrected chi connectivity index (χ2v) is 4.63. The molecule has 0 aromatic rings. The van der Waals surface area contributed by atoms with Gasteiger partial charge in [-0.15, -0.1) is 0 Å². The van der Waals surface area contributed by atoms with Crippen molar-refractivity contribution in [1.82, 2.24) is 0 Å². The highest BCUT2D eigenvalue weighted by Crippen LogP contribution is 2.29. The number of hydrogen-bond donors (Lipinski definition) is 0. The molecule has 4 heteroatoms. The number of hydrogen-bond acceptors (Lipinski definition) is 2. The van der Waals surface area contributed by atoms with Crippen LogP contribution >= 0.6 is 23.2 Å². The van der Waals surface area contributed by atoms with Gasteiger partial charge in [0.2, 0.25) is 0 Å². The lowest BCUT2D eigenvalue weighted by Crippen LogP contribution is -2.26. The van der Waals surface area contributed by atoms with Crippen LogP contribution in [0, 0.1) is 0 Å². The van der Waals surface area contributed by atoms with Gasteiger partial charge < -0.3 is 0 Å². The summed E-state index contributed by atoms with van der Waals surface area (Å²) >= 11 is 11.0. The fraction of sp³-hybridized carbons (Fsp3) is 0.556. The molecule has 0 aromatic heterocycles. The predicted octanol–water partition coefficient (Wildman–Crippen LogP) is 2.54. The lowest BCUT2D eigenvalue weighted by molar-refractivity contribution is -0.114. The van der Waals surface area contributed by atoms with Crippen molar-refractivity contribution in [2.45, 2.75) is 31.1 Å². The first-order chi connectivity index (χ1) is 5.84. The third-order valence-corrected chi connectivity index (χ3v) is 2.33. The van der Waals surface area contributed by atoms with Crippen LogP contribution in [0.25, 0.3) is 0 Å². The number of allylic oxidation sites excluding steroid dienone is 1. The van der Waals surface area contributed by atoms with Gasteiger partial charge in [-0.3, -0.25) is 9.79 Å². The normalized spacial score (nSPS) is 20.2. The first-order valence-corrected chi connectivity index (χ1v) is 4.83. The van der Waals surface area contributed by atoms with Crippen LogP contribution in [0.15, 0.2) is 16.6 Å². The van der Waals surface area contributed by atoms with Crippen molar-refractivity contribution in [3.05, 3.63) is 11.6 Å². The van der Waals surface area contributed by atoms with E-state index in [1.807, 2.05) is 20.8 Å². The Balaban J connectivity index is 2.98. The molecule has 0 N–H and O–H groups in total. The van der Waals surface area contributed by atoms with Crippen LogP contribution in [-0.4, -0.2) is 21.9 Å². The zero-order valence-corrected chi connectivity index (χ0v) is 9.28. The van der Waals surface area contributed by atoms with Gasteiger partial charge in [-0.2, -0.15) is 0 Å². The van der Waals surface area contributed by atoms with Crippen molar-refractivity contribution in [1.29, 1.82) is 0 Å². The van der Waals surface area contributed by atoms with Crippen LogP contribution in [0.1, 0.15) is 20.8 Å². The number of alkyl halides is 2. The molecule has 0 amide bonds. The van der Waals surface area contributed by atoms with E-state index in [-0.39, 0.29) is 5.78 Å². The molecule has 0 fully saturated rings. The van der Waals surface area contributed by atoms with E-state index in [0.717, 1.165) is 5.71 Å². The van der Waals surface area contributed by atoms with Gasteiger partial charge in [-0.1, -0.05) is 23.2 Å². The van der Waals surface area contributed by atoms with Crippen molar-refractivity contribution >= 4 is 34.7 Å². The number of carbonyl (C=O) groups is 1. The molecule has 1 rings (SSSR count). The molecule has 1 heterocycles. The number of rotatable bonds is 2. The Hall–Kier alpha value is -0.340. The van der Waals surface area contributed by atoms with Gasteiger partial charge >= 0.3 is 0 Å². The van der Waals surface area contributed by atoms with Gasteiger partial charge in [0.1, 0.15) is 0 Å². The molecule has 0 aliphatic carbocycles. The number of nitrogens with zero attached hydrogens (tertiary/aromatic N) is 1. The van der Waals surface area contributed by atoms with E-state index in [1.54, 1.807) is 6.08 Å². The Morgan fingerprint density at radius 3 is 2.38 bits per heavy atom. The molecule has 0 bridgehead atoms. The number of ketones is 1. The summed E-state index contributed by atoms with van der Waals surface area (Å²) in [5.74, 6) is -0.256. The Morgan fingerprint density at radius 2 is 2.08 bits per heavy atom. The minimum atomic E-state index is -0.994. The van der Waals surface area contributed by atoms with E-state index in [1.165, 1.54) is 0 Å². The Morgan fingerprint density at radius 1 is 1.54 bits per heavy atom. The second kappa shape index (κ2) is 3.43. The van der Waals surface area contributed by atoms with Crippen LogP contribution in [0.3, 0.4) is 0 Å². The monoisotopic (exact) mass is 219 g/mol. The van der Waals surface area contributed by atoms with Crippen LogP contribution < -0.4 is 0 Å². The largest absolute Gasteiger partial charge is 0.291 e. The smallest absolute Gasteiger partial charge is 0.194 e. The van der Waals surface area contributed by atoms with Crippen molar-refractivity contribution < 1.29 is 4.79 Å². The van der Waals surface area contributed by atoms with E-state index < -0.39 is 10.4 Å². The summed E-state index contributed by atoms with van der Waals surface area (Å²) < 4.78 is 0. The molecule has 0 atom stereocenters. The van der Waals surface area contributed by atoms with Crippen LogP contribution in [0.4, 0.5) is 0 Å². The number of halogens is 2. The minimum absolute atomic E-state index is 0.256. The van der Waals surface area contributed by atoms with Gasteiger partial charge in [0.15, 0.2) is 10.6 Å². The summed E-state index contributed by atoms with van der Waals surface area (Å²) in [5, 5.41) is 0. The lowest BCUT2D eigenvalue weighted by atomic mass is 9.93. The summed E-state index contributed by atoms with van der Waals surface area (Å²) in [6, 6.07) is 0. The zero-order chi connectivity index (χ0) is 10.2. The molecule has 0 radical (unpaired) electrons. The Bertz CT molecular complexity index is 303. The number of carbonyl (C=O) groups excluding carboxylic acids is 1. The second-order valence-electron chi connectivity index (χ2n) is 3.54. The van der Waals surface area contributed by atoms with Crippen molar-refractivity contribution in [3.63, 3.8) is 0 Å². The summed E-state index contributed by atoms with van der Waals surface area (Å²) in [7, 11) is 0. The predicted molar refractivity (Wildman–Crippen MR) is 55.8 cm³/mol. The van der Waals surface area contributed by atoms with Crippen molar-refractivity contribution in [2.24, 2.45) is 4.99 Å². The summed E-state index contributed by atoms with van der Waals surface area (Å²) in [6.07, 6.45) is 1.74. The molecule has 0 unspecified atom stereocenters. The molecule has 1 aliphatic rings. The molecule has 2 nitrogen and oxygen atoms in total. The quantitative estimate of drug-likeness (QED) is 0.657. The average Bonchev–Trinajstić information content (AvgIpc) is 2.22. The zero-order valence-electron chi connectivity index (χ0n) is 7.77. The molecular weight excluding hydrogens is 209 g/mol. The number of Topliss-reactive ketones (excluding diaryl/α,β-unsaturated/α-hetero) is 1. The topological polar surface area (TPSA) is 29.4 Å². The van der Waals surface area contributed by atoms with E-state index in [9.17, 15) is 4.79 Å². The highest BCUT2D eigenvalue weighted by molar-refractivity contribution is 6.55. The lowest BCUT2D eigenvalue weighted by Gasteiger charge is -2.18. The molecule has 0 saturated heterocycles. The first kappa shape index (κ1) is 10.7. The van der Waals surface area contributed by atoms with Gasteiger partial charge in [-0.25, -0.2) is 0 Å². The molecule has 72 valence electrons. The minimum Gasteiger partial charge on any atom is -0.291 e. The standard InChI is InChI=1S/C9H11Cl2NO/c1-5-4-6(7(13)8(10)11)9(2,3)12-5/h4,8H,1-3H3. The van der Waals surface area contributed by atoms with E-state index >= 15 is 0 Å². The third-order valence-electron chi connectivity index (χ3n) is 1.93. The SMILES string of the molecule is CC1=NC(C)(C)C(C(=O)C(Cl)Cl)=C1.